The van der Waals surface area contributed by atoms with E-state index in [-0.39, 0.29) is 0 Å². The zero-order valence-corrected chi connectivity index (χ0v) is 10.4. The molecule has 1 aromatic heterocycles. The molecule has 1 aliphatic rings. The lowest BCUT2D eigenvalue weighted by Crippen LogP contribution is -2.28. The summed E-state index contributed by atoms with van der Waals surface area (Å²) in [4.78, 5) is 6.34. The number of hydrogen-bond donors (Lipinski definition) is 1. The van der Waals surface area contributed by atoms with Crippen molar-refractivity contribution in [3.8, 4) is 0 Å². The molecule has 1 atom stereocenters. The fraction of sp³-hybridized carbons (Fsp3) is 0.615. The lowest BCUT2D eigenvalue weighted by Gasteiger charge is -2.19. The van der Waals surface area contributed by atoms with Crippen LogP contribution in [-0.2, 0) is 6.54 Å². The Hall–Kier alpha value is -1.09. The molecule has 1 fully saturated rings. The van der Waals surface area contributed by atoms with E-state index in [0.29, 0.717) is 6.04 Å². The van der Waals surface area contributed by atoms with Gasteiger partial charge in [0, 0.05) is 50.3 Å². The van der Waals surface area contributed by atoms with Gasteiger partial charge in [-0.15, -0.1) is 0 Å². The van der Waals surface area contributed by atoms with Crippen LogP contribution in [0.15, 0.2) is 18.5 Å². The number of hydrogen-bond acceptors (Lipinski definition) is 3. The maximum Gasteiger partial charge on any atom is 0.0437 e. The zero-order chi connectivity index (χ0) is 11.5. The number of anilines is 1. The van der Waals surface area contributed by atoms with Gasteiger partial charge in [0.15, 0.2) is 0 Å². The van der Waals surface area contributed by atoms with Crippen molar-refractivity contribution in [3.05, 3.63) is 24.0 Å². The van der Waals surface area contributed by atoms with Gasteiger partial charge >= 0.3 is 0 Å². The summed E-state index contributed by atoms with van der Waals surface area (Å²) in [5.41, 5.74) is 2.53. The molecule has 1 saturated carbocycles. The third kappa shape index (κ3) is 2.73. The van der Waals surface area contributed by atoms with Crippen LogP contribution in [0.4, 0.5) is 5.69 Å². The molecule has 16 heavy (non-hydrogen) atoms. The Morgan fingerprint density at radius 2 is 2.25 bits per heavy atom. The van der Waals surface area contributed by atoms with E-state index < -0.39 is 0 Å². The van der Waals surface area contributed by atoms with E-state index >= 15 is 0 Å². The van der Waals surface area contributed by atoms with E-state index in [9.17, 15) is 0 Å². The second-order valence-corrected chi connectivity index (χ2v) is 4.91. The van der Waals surface area contributed by atoms with Crippen molar-refractivity contribution in [2.45, 2.75) is 32.4 Å². The van der Waals surface area contributed by atoms with Crippen LogP contribution in [0, 0.1) is 5.92 Å². The number of nitrogens with one attached hydrogen (secondary N) is 1. The molecule has 2 rings (SSSR count). The summed E-state index contributed by atoms with van der Waals surface area (Å²) >= 11 is 0. The first-order chi connectivity index (χ1) is 7.68. The molecule has 0 saturated heterocycles. The number of rotatable bonds is 5. The molecule has 3 nitrogen and oxygen atoms in total. The molecule has 1 aromatic rings. The first-order valence-electron chi connectivity index (χ1n) is 6.02. The van der Waals surface area contributed by atoms with Crippen LogP contribution in [-0.4, -0.2) is 25.1 Å². The second-order valence-electron chi connectivity index (χ2n) is 4.91. The number of nitrogens with zero attached hydrogens (tertiary/aromatic N) is 2. The molecular formula is C13H21N3. The zero-order valence-electron chi connectivity index (χ0n) is 10.4. The summed E-state index contributed by atoms with van der Waals surface area (Å²) in [6.45, 7) is 3.20. The predicted octanol–water partition coefficient (Wildman–Crippen LogP) is 2.04. The van der Waals surface area contributed by atoms with Gasteiger partial charge in [-0.3, -0.25) is 4.98 Å². The molecule has 1 unspecified atom stereocenters. The molecule has 1 N–H and O–H groups in total. The van der Waals surface area contributed by atoms with Gasteiger partial charge in [0.05, 0.1) is 0 Å². The number of pyridine rings is 1. The third-order valence-electron chi connectivity index (χ3n) is 3.30. The maximum absolute atomic E-state index is 4.20. The Labute approximate surface area is 97.9 Å². The molecule has 3 heteroatoms. The third-order valence-corrected chi connectivity index (χ3v) is 3.30. The standard InChI is InChI=1S/C13H21N3/c1-10(11-4-5-11)15-9-12-8-14-7-6-13(12)16(2)3/h6-8,10-11,15H,4-5,9H2,1-3H3. The van der Waals surface area contributed by atoms with Gasteiger partial charge in [0.2, 0.25) is 0 Å². The quantitative estimate of drug-likeness (QED) is 0.821. The SMILES string of the molecule is CC(NCc1cnccc1N(C)C)C1CC1. The molecule has 88 valence electrons. The molecule has 0 spiro atoms. The lowest BCUT2D eigenvalue weighted by atomic mass is 10.2. The topological polar surface area (TPSA) is 28.2 Å². The molecule has 1 heterocycles. The molecule has 0 bridgehead atoms. The van der Waals surface area contributed by atoms with Gasteiger partial charge in [0.1, 0.15) is 0 Å². The number of aromatic nitrogens is 1. The maximum atomic E-state index is 4.20. The van der Waals surface area contributed by atoms with E-state index in [1.54, 1.807) is 0 Å². The summed E-state index contributed by atoms with van der Waals surface area (Å²) in [7, 11) is 4.15. The van der Waals surface area contributed by atoms with Crippen molar-refractivity contribution in [2.75, 3.05) is 19.0 Å². The van der Waals surface area contributed by atoms with Crippen LogP contribution in [0.25, 0.3) is 0 Å². The van der Waals surface area contributed by atoms with Crippen molar-refractivity contribution in [3.63, 3.8) is 0 Å². The van der Waals surface area contributed by atoms with Crippen molar-refractivity contribution in [1.82, 2.24) is 10.3 Å². The lowest BCUT2D eigenvalue weighted by molar-refractivity contribution is 0.496. The van der Waals surface area contributed by atoms with Crippen molar-refractivity contribution < 1.29 is 0 Å². The summed E-state index contributed by atoms with van der Waals surface area (Å²) in [5.74, 6) is 0.902. The highest BCUT2D eigenvalue weighted by Crippen LogP contribution is 2.32. The van der Waals surface area contributed by atoms with Gasteiger partial charge in [-0.1, -0.05) is 0 Å². The smallest absolute Gasteiger partial charge is 0.0437 e. The average molecular weight is 219 g/mol. The monoisotopic (exact) mass is 219 g/mol. The molecular weight excluding hydrogens is 198 g/mol. The Balaban J connectivity index is 1.97. The Bertz CT molecular complexity index is 345. The van der Waals surface area contributed by atoms with Crippen LogP contribution < -0.4 is 10.2 Å². The van der Waals surface area contributed by atoms with Crippen molar-refractivity contribution in [1.29, 1.82) is 0 Å². The van der Waals surface area contributed by atoms with E-state index in [1.807, 2.05) is 12.4 Å². The van der Waals surface area contributed by atoms with E-state index in [1.165, 1.54) is 24.1 Å². The van der Waals surface area contributed by atoms with Gasteiger partial charge in [-0.2, -0.15) is 0 Å². The molecule has 0 radical (unpaired) electrons. The van der Waals surface area contributed by atoms with Crippen LogP contribution in [0.3, 0.4) is 0 Å². The Morgan fingerprint density at radius 1 is 1.50 bits per heavy atom. The minimum absolute atomic E-state index is 0.634. The highest BCUT2D eigenvalue weighted by Gasteiger charge is 2.27. The fourth-order valence-electron chi connectivity index (χ4n) is 2.03. The highest BCUT2D eigenvalue weighted by molar-refractivity contribution is 5.50. The summed E-state index contributed by atoms with van der Waals surface area (Å²) in [5, 5.41) is 3.59. The van der Waals surface area contributed by atoms with E-state index in [0.717, 1.165) is 12.5 Å². The van der Waals surface area contributed by atoms with Crippen molar-refractivity contribution >= 4 is 5.69 Å². The first kappa shape index (κ1) is 11.4. The molecule has 0 amide bonds. The van der Waals surface area contributed by atoms with Crippen molar-refractivity contribution in [2.24, 2.45) is 5.92 Å². The van der Waals surface area contributed by atoms with Gasteiger partial charge in [-0.25, -0.2) is 0 Å². The minimum atomic E-state index is 0.634. The molecule has 0 aromatic carbocycles. The summed E-state index contributed by atoms with van der Waals surface area (Å²) in [6, 6.07) is 2.70. The largest absolute Gasteiger partial charge is 0.377 e. The summed E-state index contributed by atoms with van der Waals surface area (Å²) < 4.78 is 0. The Kier molecular flexibility index (Phi) is 3.44. The second kappa shape index (κ2) is 4.83. The molecule has 1 aliphatic carbocycles. The first-order valence-corrected chi connectivity index (χ1v) is 6.02. The highest BCUT2D eigenvalue weighted by atomic mass is 15.1. The van der Waals surface area contributed by atoms with Gasteiger partial charge < -0.3 is 10.2 Å². The van der Waals surface area contributed by atoms with Crippen LogP contribution >= 0.6 is 0 Å². The van der Waals surface area contributed by atoms with E-state index in [4.69, 9.17) is 0 Å². The van der Waals surface area contributed by atoms with E-state index in [2.05, 4.69) is 42.3 Å². The summed E-state index contributed by atoms with van der Waals surface area (Å²) in [6.07, 6.45) is 6.59. The Morgan fingerprint density at radius 3 is 2.88 bits per heavy atom. The molecule has 0 aliphatic heterocycles. The van der Waals surface area contributed by atoms with Crippen LogP contribution in [0.5, 0.6) is 0 Å². The minimum Gasteiger partial charge on any atom is -0.377 e. The fourth-order valence-corrected chi connectivity index (χ4v) is 2.03. The van der Waals surface area contributed by atoms with Crippen LogP contribution in [0.1, 0.15) is 25.3 Å². The van der Waals surface area contributed by atoms with Crippen LogP contribution in [0.2, 0.25) is 0 Å². The van der Waals surface area contributed by atoms with Gasteiger partial charge in [-0.05, 0) is 31.7 Å². The van der Waals surface area contributed by atoms with Gasteiger partial charge in [0.25, 0.3) is 0 Å². The normalized spacial score (nSPS) is 17.2. The average Bonchev–Trinajstić information content (AvgIpc) is 3.10. The predicted molar refractivity (Wildman–Crippen MR) is 67.6 cm³/mol.